The van der Waals surface area contributed by atoms with Crippen molar-refractivity contribution in [1.82, 2.24) is 0 Å². The van der Waals surface area contributed by atoms with Gasteiger partial charge in [0.15, 0.2) is 0 Å². The van der Waals surface area contributed by atoms with Gasteiger partial charge in [-0.1, -0.05) is 48.5 Å². The average molecular weight is 459 g/mol. The summed E-state index contributed by atoms with van der Waals surface area (Å²) in [5, 5.41) is 0. The van der Waals surface area contributed by atoms with Crippen LogP contribution in [0.3, 0.4) is 0 Å². The highest BCUT2D eigenvalue weighted by Crippen LogP contribution is 2.60. The SMILES string of the molecule is COC(=O)CCOc1ccc(OCCC(=O)OC)c2c1C1c3ccccc3C2c2ccccc21. The maximum absolute atomic E-state index is 11.6. The molecule has 3 aliphatic carbocycles. The van der Waals surface area contributed by atoms with Gasteiger partial charge in [-0.3, -0.25) is 9.59 Å². The fourth-order valence-electron chi connectivity index (χ4n) is 5.17. The zero-order chi connectivity index (χ0) is 23.7. The Labute approximate surface area is 198 Å². The van der Waals surface area contributed by atoms with Crippen molar-refractivity contribution in [2.24, 2.45) is 0 Å². The van der Waals surface area contributed by atoms with Gasteiger partial charge in [-0.25, -0.2) is 0 Å². The van der Waals surface area contributed by atoms with Gasteiger partial charge >= 0.3 is 11.9 Å². The predicted octanol–water partition coefficient (Wildman–Crippen LogP) is 4.56. The number of esters is 2. The number of methoxy groups -OCH3 is 2. The number of rotatable bonds is 8. The van der Waals surface area contributed by atoms with Crippen LogP contribution >= 0.6 is 0 Å². The first-order valence-corrected chi connectivity index (χ1v) is 11.4. The third kappa shape index (κ3) is 3.69. The Bertz CT molecular complexity index is 1100. The molecule has 0 amide bonds. The van der Waals surface area contributed by atoms with Gasteiger partial charge in [-0.05, 0) is 34.4 Å². The molecule has 0 saturated carbocycles. The fraction of sp³-hybridized carbons (Fsp3) is 0.286. The van der Waals surface area contributed by atoms with Crippen LogP contribution in [0.1, 0.15) is 58.1 Å². The first-order chi connectivity index (χ1) is 16.6. The van der Waals surface area contributed by atoms with Crippen molar-refractivity contribution in [3.05, 3.63) is 94.0 Å². The molecule has 0 fully saturated rings. The van der Waals surface area contributed by atoms with Crippen molar-refractivity contribution >= 4 is 11.9 Å². The lowest BCUT2D eigenvalue weighted by molar-refractivity contribution is -0.142. The molecule has 0 heterocycles. The van der Waals surface area contributed by atoms with Crippen LogP contribution in [0.5, 0.6) is 11.5 Å². The molecule has 0 aromatic heterocycles. The van der Waals surface area contributed by atoms with Crippen molar-refractivity contribution in [3.8, 4) is 11.5 Å². The molecule has 0 atom stereocenters. The monoisotopic (exact) mass is 458 g/mol. The smallest absolute Gasteiger partial charge is 0.308 e. The highest BCUT2D eigenvalue weighted by atomic mass is 16.5. The Morgan fingerprint density at radius 1 is 0.618 bits per heavy atom. The second-order valence-corrected chi connectivity index (χ2v) is 8.36. The maximum Gasteiger partial charge on any atom is 0.308 e. The second-order valence-electron chi connectivity index (χ2n) is 8.36. The summed E-state index contributed by atoms with van der Waals surface area (Å²) in [6.07, 6.45) is 0.341. The van der Waals surface area contributed by atoms with Gasteiger partial charge in [0.2, 0.25) is 0 Å². The number of hydrogen-bond donors (Lipinski definition) is 0. The molecule has 0 unspecified atom stereocenters. The van der Waals surface area contributed by atoms with Gasteiger partial charge in [-0.15, -0.1) is 0 Å². The number of carbonyl (C=O) groups excluding carboxylic acids is 2. The van der Waals surface area contributed by atoms with Crippen molar-refractivity contribution in [2.45, 2.75) is 24.7 Å². The summed E-state index contributed by atoms with van der Waals surface area (Å²) >= 11 is 0. The van der Waals surface area contributed by atoms with E-state index >= 15 is 0 Å². The van der Waals surface area contributed by atoms with Crippen molar-refractivity contribution in [2.75, 3.05) is 27.4 Å². The Kier molecular flexibility index (Phi) is 5.97. The van der Waals surface area contributed by atoms with E-state index in [1.165, 1.54) is 36.5 Å². The normalized spacial score (nSPS) is 16.6. The number of carbonyl (C=O) groups is 2. The summed E-state index contributed by atoms with van der Waals surface area (Å²) in [7, 11) is 2.74. The molecule has 6 rings (SSSR count). The molecular formula is C28H26O6. The third-order valence-electron chi connectivity index (χ3n) is 6.60. The highest BCUT2D eigenvalue weighted by molar-refractivity contribution is 5.73. The lowest BCUT2D eigenvalue weighted by atomic mass is 9.60. The van der Waals surface area contributed by atoms with Crippen molar-refractivity contribution in [3.63, 3.8) is 0 Å². The van der Waals surface area contributed by atoms with Crippen LogP contribution in [0.4, 0.5) is 0 Å². The van der Waals surface area contributed by atoms with Gasteiger partial charge in [0, 0.05) is 23.0 Å². The van der Waals surface area contributed by atoms with Crippen LogP contribution in [0.15, 0.2) is 60.7 Å². The highest BCUT2D eigenvalue weighted by Gasteiger charge is 2.44. The summed E-state index contributed by atoms with van der Waals surface area (Å²) in [5.41, 5.74) is 7.13. The minimum atomic E-state index is -0.311. The molecule has 0 radical (unpaired) electrons. The first kappa shape index (κ1) is 22.0. The number of ether oxygens (including phenoxy) is 4. The summed E-state index contributed by atoms with van der Waals surface area (Å²) in [5.74, 6) is 0.827. The molecule has 174 valence electrons. The topological polar surface area (TPSA) is 71.1 Å². The molecule has 2 bridgehead atoms. The van der Waals surface area contributed by atoms with E-state index < -0.39 is 0 Å². The van der Waals surface area contributed by atoms with Gasteiger partial charge in [0.05, 0.1) is 40.3 Å². The van der Waals surface area contributed by atoms with E-state index in [1.54, 1.807) is 0 Å². The zero-order valence-corrected chi connectivity index (χ0v) is 19.2. The van der Waals surface area contributed by atoms with Crippen molar-refractivity contribution in [1.29, 1.82) is 0 Å². The summed E-state index contributed by atoms with van der Waals surface area (Å²) in [6, 6.07) is 20.8. The molecule has 0 saturated heterocycles. The maximum atomic E-state index is 11.6. The minimum absolute atomic E-state index is 0.00955. The summed E-state index contributed by atoms with van der Waals surface area (Å²) < 4.78 is 21.8. The van der Waals surface area contributed by atoms with Gasteiger partial charge in [-0.2, -0.15) is 0 Å². The lowest BCUT2D eigenvalue weighted by Crippen LogP contribution is -2.29. The average Bonchev–Trinajstić information content (AvgIpc) is 2.88. The molecule has 0 N–H and O–H groups in total. The number of hydrogen-bond acceptors (Lipinski definition) is 6. The lowest BCUT2D eigenvalue weighted by Gasteiger charge is -2.43. The summed E-state index contributed by atoms with van der Waals surface area (Å²) in [4.78, 5) is 23.3. The Hall–Kier alpha value is -3.80. The molecule has 3 aliphatic rings. The molecule has 6 heteroatoms. The largest absolute Gasteiger partial charge is 0.493 e. The Balaban J connectivity index is 1.61. The van der Waals surface area contributed by atoms with E-state index in [0.29, 0.717) is 0 Å². The van der Waals surface area contributed by atoms with Crippen LogP contribution < -0.4 is 9.47 Å². The van der Waals surface area contributed by atoms with Gasteiger partial charge in [0.1, 0.15) is 11.5 Å². The van der Waals surface area contributed by atoms with Crippen LogP contribution in [0.2, 0.25) is 0 Å². The molecule has 3 aromatic rings. The van der Waals surface area contributed by atoms with E-state index in [2.05, 4.69) is 48.5 Å². The van der Waals surface area contributed by atoms with E-state index in [4.69, 9.17) is 18.9 Å². The predicted molar refractivity (Wildman–Crippen MR) is 125 cm³/mol. The summed E-state index contributed by atoms with van der Waals surface area (Å²) in [6.45, 7) is 0.449. The Morgan fingerprint density at radius 3 is 1.29 bits per heavy atom. The van der Waals surface area contributed by atoms with Gasteiger partial charge < -0.3 is 18.9 Å². The van der Waals surface area contributed by atoms with E-state index in [0.717, 1.165) is 22.6 Å². The van der Waals surface area contributed by atoms with Crippen LogP contribution in [0, 0.1) is 0 Å². The minimum Gasteiger partial charge on any atom is -0.493 e. The third-order valence-corrected chi connectivity index (χ3v) is 6.60. The first-order valence-electron chi connectivity index (χ1n) is 11.4. The molecule has 3 aromatic carbocycles. The quantitative estimate of drug-likeness (QED) is 0.318. The van der Waals surface area contributed by atoms with E-state index in [-0.39, 0.29) is 49.8 Å². The van der Waals surface area contributed by atoms with Gasteiger partial charge in [0.25, 0.3) is 0 Å². The molecule has 6 nitrogen and oxygen atoms in total. The Morgan fingerprint density at radius 2 is 0.971 bits per heavy atom. The van der Waals surface area contributed by atoms with Crippen LogP contribution in [0.25, 0.3) is 0 Å². The van der Waals surface area contributed by atoms with E-state index in [9.17, 15) is 9.59 Å². The molecular weight excluding hydrogens is 432 g/mol. The molecule has 0 aliphatic heterocycles. The van der Waals surface area contributed by atoms with Crippen LogP contribution in [-0.4, -0.2) is 39.4 Å². The zero-order valence-electron chi connectivity index (χ0n) is 19.2. The second kappa shape index (κ2) is 9.21. The van der Waals surface area contributed by atoms with E-state index in [1.807, 2.05) is 12.1 Å². The number of benzene rings is 3. The fourth-order valence-corrected chi connectivity index (χ4v) is 5.17. The van der Waals surface area contributed by atoms with Crippen molar-refractivity contribution < 1.29 is 28.5 Å². The standard InChI is InChI=1S/C28H26O6/c1-31-23(29)13-15-33-21-11-12-22(34-16-14-24(30)32-2)28-26-19-9-5-3-7-17(19)25(27(21)28)18-8-4-6-10-20(18)26/h3-12,25-26H,13-16H2,1-2H3. The van der Waals surface area contributed by atoms with Crippen LogP contribution in [-0.2, 0) is 19.1 Å². The molecule has 0 spiro atoms. The molecule has 34 heavy (non-hydrogen) atoms.